The molecule has 5 rings (SSSR count). The Morgan fingerprint density at radius 1 is 1.17 bits per heavy atom. The van der Waals surface area contributed by atoms with Gasteiger partial charge in [-0.25, -0.2) is 4.39 Å². The van der Waals surface area contributed by atoms with E-state index in [9.17, 15) is 28.8 Å². The number of hydrogen-bond donors (Lipinski definition) is 2. The van der Waals surface area contributed by atoms with Crippen LogP contribution in [0.15, 0.2) is 48.5 Å². The number of amides is 4. The van der Waals surface area contributed by atoms with Crippen molar-refractivity contribution in [2.75, 3.05) is 18.9 Å². The fourth-order valence-corrected chi connectivity index (χ4v) is 6.20. The van der Waals surface area contributed by atoms with E-state index in [1.165, 1.54) is 34.1 Å². The minimum absolute atomic E-state index is 0.0380. The molecule has 3 aliphatic rings. The summed E-state index contributed by atoms with van der Waals surface area (Å²) in [7, 11) is 1.56. The first-order chi connectivity index (χ1) is 20.0. The first-order valence-electron chi connectivity index (χ1n) is 14.5. The summed E-state index contributed by atoms with van der Waals surface area (Å²) in [6.45, 7) is 3.94. The van der Waals surface area contributed by atoms with Crippen molar-refractivity contribution < 1.29 is 23.6 Å². The quantitative estimate of drug-likeness (QED) is 0.475. The Bertz CT molecular complexity index is 1430. The van der Waals surface area contributed by atoms with Crippen molar-refractivity contribution in [3.8, 4) is 6.07 Å². The average Bonchev–Trinajstić information content (AvgIpc) is 3.64. The van der Waals surface area contributed by atoms with Gasteiger partial charge in [-0.1, -0.05) is 44.9 Å². The third-order valence-corrected chi connectivity index (χ3v) is 8.69. The summed E-state index contributed by atoms with van der Waals surface area (Å²) in [5.41, 5.74) is 0.648. The van der Waals surface area contributed by atoms with Crippen molar-refractivity contribution >= 4 is 29.3 Å². The van der Waals surface area contributed by atoms with Gasteiger partial charge in [-0.05, 0) is 60.6 Å². The zero-order chi connectivity index (χ0) is 30.2. The summed E-state index contributed by atoms with van der Waals surface area (Å²) in [4.78, 5) is 57.2. The third kappa shape index (κ3) is 5.60. The maximum absolute atomic E-state index is 14.2. The largest absolute Gasteiger partial charge is 0.340 e. The molecule has 2 aromatic carbocycles. The normalized spacial score (nSPS) is 22.3. The molecule has 0 aromatic heterocycles. The van der Waals surface area contributed by atoms with E-state index in [0.29, 0.717) is 24.4 Å². The van der Waals surface area contributed by atoms with E-state index in [4.69, 9.17) is 0 Å². The molecule has 0 radical (unpaired) electrons. The molecule has 1 saturated heterocycles. The van der Waals surface area contributed by atoms with Gasteiger partial charge in [-0.2, -0.15) is 5.26 Å². The van der Waals surface area contributed by atoms with Crippen molar-refractivity contribution in [2.24, 2.45) is 11.8 Å². The first-order valence-corrected chi connectivity index (χ1v) is 14.5. The molecule has 0 bridgehead atoms. The molecule has 10 heteroatoms. The SMILES string of the molecule is CC(C)C[C@@H](C(=O)N1C[C@]2(C[C@H]1C#N)C(=O)Nc1ccccc12)N(C)C(=O)[C@H](CC1CC1)NC(=O)c1ccc(F)cc1. The number of benzene rings is 2. The fourth-order valence-electron chi connectivity index (χ4n) is 6.20. The number of rotatable bonds is 9. The number of carbonyl (C=O) groups is 4. The summed E-state index contributed by atoms with van der Waals surface area (Å²) in [6.07, 6.45) is 2.86. The predicted octanol–water partition coefficient (Wildman–Crippen LogP) is 3.61. The van der Waals surface area contributed by atoms with Crippen molar-refractivity contribution in [3.63, 3.8) is 0 Å². The summed E-state index contributed by atoms with van der Waals surface area (Å²) in [5, 5.41) is 15.8. The Labute approximate surface area is 245 Å². The number of hydrogen-bond acceptors (Lipinski definition) is 5. The number of likely N-dealkylation sites (N-methyl/N-ethyl adjacent to an activating group) is 1. The van der Waals surface area contributed by atoms with Crippen LogP contribution in [0.5, 0.6) is 0 Å². The molecule has 2 heterocycles. The van der Waals surface area contributed by atoms with Crippen LogP contribution < -0.4 is 10.6 Å². The number of nitrogens with one attached hydrogen (secondary N) is 2. The topological polar surface area (TPSA) is 123 Å². The van der Waals surface area contributed by atoms with E-state index in [0.717, 1.165) is 18.4 Å². The molecule has 42 heavy (non-hydrogen) atoms. The predicted molar refractivity (Wildman–Crippen MR) is 153 cm³/mol. The van der Waals surface area contributed by atoms with Gasteiger partial charge in [-0.15, -0.1) is 0 Å². The van der Waals surface area contributed by atoms with Crippen molar-refractivity contribution in [1.29, 1.82) is 5.26 Å². The molecular weight excluding hydrogens is 537 g/mol. The number of fused-ring (bicyclic) bond motifs is 2. The van der Waals surface area contributed by atoms with E-state index >= 15 is 0 Å². The molecule has 220 valence electrons. The Morgan fingerprint density at radius 3 is 2.50 bits per heavy atom. The second kappa shape index (κ2) is 11.6. The molecule has 2 aliphatic heterocycles. The van der Waals surface area contributed by atoms with E-state index in [1.807, 2.05) is 38.1 Å². The average molecular weight is 574 g/mol. The highest BCUT2D eigenvalue weighted by atomic mass is 19.1. The lowest BCUT2D eigenvalue weighted by Gasteiger charge is -2.35. The molecule has 1 aliphatic carbocycles. The van der Waals surface area contributed by atoms with Crippen LogP contribution in [-0.4, -0.2) is 65.1 Å². The van der Waals surface area contributed by atoms with Gasteiger partial charge in [0.1, 0.15) is 23.9 Å². The van der Waals surface area contributed by atoms with Crippen molar-refractivity contribution in [2.45, 2.75) is 69.5 Å². The number of nitrogens with zero attached hydrogens (tertiary/aromatic N) is 3. The van der Waals surface area contributed by atoms with Crippen molar-refractivity contribution in [3.05, 3.63) is 65.5 Å². The second-order valence-corrected chi connectivity index (χ2v) is 12.2. The maximum atomic E-state index is 14.2. The Hall–Kier alpha value is -4.26. The van der Waals surface area contributed by atoms with E-state index in [1.54, 1.807) is 7.05 Å². The molecule has 1 saturated carbocycles. The van der Waals surface area contributed by atoms with Gasteiger partial charge in [0.05, 0.1) is 11.5 Å². The number of halogens is 1. The van der Waals surface area contributed by atoms with Gasteiger partial charge in [-0.3, -0.25) is 19.2 Å². The maximum Gasteiger partial charge on any atom is 0.251 e. The summed E-state index contributed by atoms with van der Waals surface area (Å²) in [6, 6.07) is 12.0. The standard InChI is InChI=1S/C32H36FN5O4/c1-19(2)14-27(30(41)38-18-32(16-23(38)17-34)24-6-4-5-7-25(24)36-31(32)42)37(3)29(40)26(15-20-8-9-20)35-28(39)21-10-12-22(33)13-11-21/h4-7,10-13,19-20,23,26-27H,8-9,14-16,18H2,1-3H3,(H,35,39)(H,36,42)/t23-,26-,27-,32-/m0/s1. The summed E-state index contributed by atoms with van der Waals surface area (Å²) >= 11 is 0. The fraction of sp³-hybridized carbons (Fsp3) is 0.469. The molecule has 1 spiro atoms. The molecule has 2 aromatic rings. The van der Waals surface area contributed by atoms with Gasteiger partial charge >= 0.3 is 0 Å². The smallest absolute Gasteiger partial charge is 0.251 e. The highest BCUT2D eigenvalue weighted by molar-refractivity contribution is 6.07. The number of para-hydroxylation sites is 1. The third-order valence-electron chi connectivity index (χ3n) is 8.69. The lowest BCUT2D eigenvalue weighted by atomic mass is 9.80. The summed E-state index contributed by atoms with van der Waals surface area (Å²) in [5.74, 6) is -1.66. The zero-order valence-electron chi connectivity index (χ0n) is 24.1. The van der Waals surface area contributed by atoms with Gasteiger partial charge in [0.15, 0.2) is 0 Å². The van der Waals surface area contributed by atoms with Gasteiger partial charge in [0, 0.05) is 31.3 Å². The van der Waals surface area contributed by atoms with Crippen LogP contribution in [-0.2, 0) is 19.8 Å². The number of carbonyl (C=O) groups excluding carboxylic acids is 4. The molecule has 4 amide bonds. The molecular formula is C32H36FN5O4. The first kappa shape index (κ1) is 29.2. The molecule has 0 unspecified atom stereocenters. The zero-order valence-corrected chi connectivity index (χ0v) is 24.1. The van der Waals surface area contributed by atoms with Crippen LogP contribution in [0.25, 0.3) is 0 Å². The minimum atomic E-state index is -1.03. The molecule has 2 fully saturated rings. The van der Waals surface area contributed by atoms with Crippen LogP contribution in [0.3, 0.4) is 0 Å². The number of nitriles is 1. The lowest BCUT2D eigenvalue weighted by Crippen LogP contribution is -2.56. The van der Waals surface area contributed by atoms with Gasteiger partial charge in [0.25, 0.3) is 5.91 Å². The highest BCUT2D eigenvalue weighted by Gasteiger charge is 2.56. The number of likely N-dealkylation sites (tertiary alicyclic amines) is 1. The Balaban J connectivity index is 1.39. The van der Waals surface area contributed by atoms with E-state index in [-0.39, 0.29) is 30.4 Å². The van der Waals surface area contributed by atoms with Crippen LogP contribution in [0.1, 0.15) is 61.9 Å². The summed E-state index contributed by atoms with van der Waals surface area (Å²) < 4.78 is 13.4. The Morgan fingerprint density at radius 2 is 1.86 bits per heavy atom. The van der Waals surface area contributed by atoms with Crippen LogP contribution in [0.4, 0.5) is 10.1 Å². The lowest BCUT2D eigenvalue weighted by molar-refractivity contribution is -0.146. The molecule has 4 atom stereocenters. The van der Waals surface area contributed by atoms with Crippen LogP contribution >= 0.6 is 0 Å². The highest BCUT2D eigenvalue weighted by Crippen LogP contribution is 2.46. The monoisotopic (exact) mass is 573 g/mol. The Kier molecular flexibility index (Phi) is 8.04. The van der Waals surface area contributed by atoms with Crippen LogP contribution in [0.2, 0.25) is 0 Å². The molecule has 2 N–H and O–H groups in total. The number of anilines is 1. The van der Waals surface area contributed by atoms with Gasteiger partial charge < -0.3 is 20.4 Å². The van der Waals surface area contributed by atoms with Gasteiger partial charge in [0.2, 0.25) is 17.7 Å². The minimum Gasteiger partial charge on any atom is -0.340 e. The van der Waals surface area contributed by atoms with E-state index in [2.05, 4.69) is 16.7 Å². The molecule has 9 nitrogen and oxygen atoms in total. The van der Waals surface area contributed by atoms with E-state index < -0.39 is 47.1 Å². The van der Waals surface area contributed by atoms with Crippen molar-refractivity contribution in [1.82, 2.24) is 15.1 Å². The van der Waals surface area contributed by atoms with Crippen LogP contribution in [0, 0.1) is 29.0 Å². The second-order valence-electron chi connectivity index (χ2n) is 12.2.